The summed E-state index contributed by atoms with van der Waals surface area (Å²) in [6.45, 7) is 0.991. The Hall–Kier alpha value is -1.89. The number of sulfonamides is 1. The normalized spacial score (nSPS) is 19.9. The molecular weight excluding hydrogens is 420 g/mol. The van der Waals surface area contributed by atoms with Gasteiger partial charge in [0.25, 0.3) is 5.91 Å². The molecule has 160 valence electrons. The quantitative estimate of drug-likeness (QED) is 0.686. The SMILES string of the molecule is CN(C(=O)c1ccc(Cl)c(S(=O)(=O)N2CCCCCC2)c1)[C@H]1CCc2ccccc21. The van der Waals surface area contributed by atoms with Crippen LogP contribution in [0.15, 0.2) is 47.4 Å². The van der Waals surface area contributed by atoms with Gasteiger partial charge in [0.15, 0.2) is 0 Å². The number of hydrogen-bond donors (Lipinski definition) is 0. The van der Waals surface area contributed by atoms with E-state index in [0.717, 1.165) is 38.5 Å². The van der Waals surface area contributed by atoms with E-state index >= 15 is 0 Å². The highest BCUT2D eigenvalue weighted by atomic mass is 35.5. The van der Waals surface area contributed by atoms with Crippen LogP contribution in [-0.4, -0.2) is 43.7 Å². The molecule has 0 radical (unpaired) electrons. The molecule has 1 atom stereocenters. The second kappa shape index (κ2) is 8.69. The summed E-state index contributed by atoms with van der Waals surface area (Å²) < 4.78 is 28.0. The number of carbonyl (C=O) groups excluding carboxylic acids is 1. The lowest BCUT2D eigenvalue weighted by molar-refractivity contribution is 0.0730. The van der Waals surface area contributed by atoms with E-state index in [1.54, 1.807) is 18.0 Å². The van der Waals surface area contributed by atoms with Crippen molar-refractivity contribution in [3.8, 4) is 0 Å². The predicted molar refractivity (Wildman–Crippen MR) is 118 cm³/mol. The van der Waals surface area contributed by atoms with Crippen LogP contribution in [0.3, 0.4) is 0 Å². The third-order valence-electron chi connectivity index (χ3n) is 6.25. The van der Waals surface area contributed by atoms with Gasteiger partial charge in [-0.3, -0.25) is 4.79 Å². The molecule has 7 heteroatoms. The van der Waals surface area contributed by atoms with Crippen molar-refractivity contribution in [2.45, 2.75) is 49.5 Å². The molecule has 0 bridgehead atoms. The van der Waals surface area contributed by atoms with Crippen molar-refractivity contribution in [1.82, 2.24) is 9.21 Å². The molecule has 1 heterocycles. The van der Waals surface area contributed by atoms with E-state index in [9.17, 15) is 13.2 Å². The smallest absolute Gasteiger partial charge is 0.254 e. The van der Waals surface area contributed by atoms with Gasteiger partial charge in [0.1, 0.15) is 4.90 Å². The summed E-state index contributed by atoms with van der Waals surface area (Å²) >= 11 is 6.29. The Labute approximate surface area is 183 Å². The zero-order valence-electron chi connectivity index (χ0n) is 17.2. The zero-order chi connectivity index (χ0) is 21.3. The van der Waals surface area contributed by atoms with Gasteiger partial charge in [-0.2, -0.15) is 4.31 Å². The molecule has 0 N–H and O–H groups in total. The molecule has 4 rings (SSSR count). The summed E-state index contributed by atoms with van der Waals surface area (Å²) in [6, 6.07) is 12.7. The maximum absolute atomic E-state index is 13.2. The Morgan fingerprint density at radius 2 is 1.77 bits per heavy atom. The molecule has 0 aromatic heterocycles. The molecule has 0 saturated carbocycles. The first-order valence-electron chi connectivity index (χ1n) is 10.5. The van der Waals surface area contributed by atoms with Crippen molar-refractivity contribution >= 4 is 27.5 Å². The summed E-state index contributed by atoms with van der Waals surface area (Å²) in [5, 5.41) is 0.157. The van der Waals surface area contributed by atoms with E-state index in [2.05, 4.69) is 12.1 Å². The maximum Gasteiger partial charge on any atom is 0.254 e. The Balaban J connectivity index is 1.62. The number of nitrogens with zero attached hydrogens (tertiary/aromatic N) is 2. The van der Waals surface area contributed by atoms with Crippen LogP contribution < -0.4 is 0 Å². The van der Waals surface area contributed by atoms with Crippen LogP contribution in [0.5, 0.6) is 0 Å². The highest BCUT2D eigenvalue weighted by Crippen LogP contribution is 2.36. The van der Waals surface area contributed by atoms with Gasteiger partial charge in [-0.05, 0) is 55.0 Å². The zero-order valence-corrected chi connectivity index (χ0v) is 18.8. The average molecular weight is 447 g/mol. The molecular formula is C23H27ClN2O3S. The molecule has 1 amide bonds. The van der Waals surface area contributed by atoms with Crippen LogP contribution in [0.2, 0.25) is 5.02 Å². The molecule has 1 saturated heterocycles. The number of aryl methyl sites for hydroxylation is 1. The first-order chi connectivity index (χ1) is 14.4. The number of carbonyl (C=O) groups is 1. The molecule has 1 aliphatic heterocycles. The van der Waals surface area contributed by atoms with Crippen LogP contribution in [-0.2, 0) is 16.4 Å². The molecule has 5 nitrogen and oxygen atoms in total. The van der Waals surface area contributed by atoms with Gasteiger partial charge in [-0.25, -0.2) is 8.42 Å². The molecule has 1 fully saturated rings. The number of benzene rings is 2. The van der Waals surface area contributed by atoms with E-state index in [1.165, 1.54) is 27.6 Å². The number of fused-ring (bicyclic) bond motifs is 1. The lowest BCUT2D eigenvalue weighted by Gasteiger charge is -2.26. The Kier molecular flexibility index (Phi) is 6.19. The van der Waals surface area contributed by atoms with E-state index < -0.39 is 10.0 Å². The fourth-order valence-corrected chi connectivity index (χ4v) is 6.55. The first kappa shape index (κ1) is 21.3. The van der Waals surface area contributed by atoms with Crippen molar-refractivity contribution in [3.63, 3.8) is 0 Å². The summed E-state index contributed by atoms with van der Waals surface area (Å²) in [4.78, 5) is 15.0. The average Bonchev–Trinajstić information content (AvgIpc) is 2.97. The highest BCUT2D eigenvalue weighted by Gasteiger charge is 2.31. The van der Waals surface area contributed by atoms with Gasteiger partial charge in [-0.15, -0.1) is 0 Å². The van der Waals surface area contributed by atoms with Gasteiger partial charge in [0.05, 0.1) is 11.1 Å². The standard InChI is InChI=1S/C23H27ClN2O3S/c1-25(21-13-11-17-8-4-5-9-19(17)21)23(27)18-10-12-20(24)22(16-18)30(28,29)26-14-6-2-3-7-15-26/h4-5,8-10,12,16,21H,2-3,6-7,11,13-15H2,1H3/t21-/m0/s1. The number of rotatable bonds is 4. The van der Waals surface area contributed by atoms with Gasteiger partial charge < -0.3 is 4.90 Å². The minimum atomic E-state index is -3.73. The van der Waals surface area contributed by atoms with Crippen molar-refractivity contribution in [2.75, 3.05) is 20.1 Å². The van der Waals surface area contributed by atoms with Gasteiger partial charge in [0, 0.05) is 25.7 Å². The Bertz CT molecular complexity index is 1050. The lowest BCUT2D eigenvalue weighted by Crippen LogP contribution is -2.33. The van der Waals surface area contributed by atoms with Crippen LogP contribution >= 0.6 is 11.6 Å². The van der Waals surface area contributed by atoms with Crippen molar-refractivity contribution < 1.29 is 13.2 Å². The number of hydrogen-bond acceptors (Lipinski definition) is 3. The Morgan fingerprint density at radius 1 is 1.07 bits per heavy atom. The largest absolute Gasteiger partial charge is 0.335 e. The fourth-order valence-electron chi connectivity index (χ4n) is 4.54. The third kappa shape index (κ3) is 4.01. The summed E-state index contributed by atoms with van der Waals surface area (Å²) in [5.41, 5.74) is 2.78. The Morgan fingerprint density at radius 3 is 2.50 bits per heavy atom. The summed E-state index contributed by atoms with van der Waals surface area (Å²) in [7, 11) is -1.95. The summed E-state index contributed by atoms with van der Waals surface area (Å²) in [6.07, 6.45) is 5.57. The van der Waals surface area contributed by atoms with E-state index in [4.69, 9.17) is 11.6 Å². The molecule has 30 heavy (non-hydrogen) atoms. The van der Waals surface area contributed by atoms with Crippen LogP contribution in [0.25, 0.3) is 0 Å². The monoisotopic (exact) mass is 446 g/mol. The maximum atomic E-state index is 13.2. The predicted octanol–water partition coefficient (Wildman–Crippen LogP) is 4.66. The van der Waals surface area contributed by atoms with Gasteiger partial charge >= 0.3 is 0 Å². The van der Waals surface area contributed by atoms with Crippen LogP contribution in [0.4, 0.5) is 0 Å². The first-order valence-corrected chi connectivity index (χ1v) is 12.4. The molecule has 0 unspecified atom stereocenters. The second-order valence-electron chi connectivity index (χ2n) is 8.13. The van der Waals surface area contributed by atoms with Crippen LogP contribution in [0, 0.1) is 0 Å². The molecule has 1 aliphatic carbocycles. The number of halogens is 1. The van der Waals surface area contributed by atoms with E-state index in [-0.39, 0.29) is 21.9 Å². The number of amides is 1. The molecule has 0 spiro atoms. The van der Waals surface area contributed by atoms with E-state index in [0.29, 0.717) is 18.7 Å². The van der Waals surface area contributed by atoms with E-state index in [1.807, 2.05) is 12.1 Å². The van der Waals surface area contributed by atoms with Gasteiger partial charge in [0.2, 0.25) is 10.0 Å². The molecule has 2 aromatic carbocycles. The highest BCUT2D eigenvalue weighted by molar-refractivity contribution is 7.89. The second-order valence-corrected chi connectivity index (χ2v) is 10.4. The minimum Gasteiger partial charge on any atom is -0.335 e. The van der Waals surface area contributed by atoms with Gasteiger partial charge in [-0.1, -0.05) is 48.7 Å². The molecule has 2 aliphatic rings. The van der Waals surface area contributed by atoms with Crippen molar-refractivity contribution in [3.05, 3.63) is 64.2 Å². The van der Waals surface area contributed by atoms with Crippen molar-refractivity contribution in [1.29, 1.82) is 0 Å². The van der Waals surface area contributed by atoms with Crippen LogP contribution in [0.1, 0.15) is 59.6 Å². The third-order valence-corrected chi connectivity index (χ3v) is 8.63. The fraction of sp³-hybridized carbons (Fsp3) is 0.435. The summed E-state index contributed by atoms with van der Waals surface area (Å²) in [5.74, 6) is -0.194. The lowest BCUT2D eigenvalue weighted by atomic mass is 10.1. The van der Waals surface area contributed by atoms with Crippen molar-refractivity contribution in [2.24, 2.45) is 0 Å². The molecule has 2 aromatic rings. The minimum absolute atomic E-state index is 0.00459. The topological polar surface area (TPSA) is 57.7 Å².